The van der Waals surface area contributed by atoms with Crippen molar-refractivity contribution in [1.82, 2.24) is 10.6 Å². The van der Waals surface area contributed by atoms with Gasteiger partial charge >= 0.3 is 6.03 Å². The summed E-state index contributed by atoms with van der Waals surface area (Å²) in [6, 6.07) is 7.77. The summed E-state index contributed by atoms with van der Waals surface area (Å²) in [5.41, 5.74) is 1.17. The highest BCUT2D eigenvalue weighted by atomic mass is 79.9. The second-order valence-electron chi connectivity index (χ2n) is 3.92. The minimum absolute atomic E-state index is 0.228. The number of hydrogen-bond acceptors (Lipinski definition) is 3. The predicted octanol–water partition coefficient (Wildman–Crippen LogP) is 1.91. The van der Waals surface area contributed by atoms with E-state index in [-0.39, 0.29) is 6.03 Å². The van der Waals surface area contributed by atoms with Crippen LogP contribution in [0.3, 0.4) is 0 Å². The first-order chi connectivity index (χ1) is 9.15. The number of ether oxygens (including phenoxy) is 2. The lowest BCUT2D eigenvalue weighted by molar-refractivity contribution is -0.0971. The number of nitrogens with one attached hydrogen (secondary N) is 2. The van der Waals surface area contributed by atoms with Gasteiger partial charge in [-0.3, -0.25) is 0 Å². The minimum Gasteiger partial charge on any atom is -0.354 e. The van der Waals surface area contributed by atoms with Crippen LogP contribution in [-0.2, 0) is 15.9 Å². The molecule has 0 fully saturated rings. The van der Waals surface area contributed by atoms with Crippen molar-refractivity contribution in [1.29, 1.82) is 0 Å². The van der Waals surface area contributed by atoms with E-state index in [9.17, 15) is 4.79 Å². The van der Waals surface area contributed by atoms with Crippen LogP contribution < -0.4 is 10.6 Å². The Morgan fingerprint density at radius 3 is 2.68 bits per heavy atom. The van der Waals surface area contributed by atoms with E-state index in [0.29, 0.717) is 13.1 Å². The van der Waals surface area contributed by atoms with Gasteiger partial charge in [0.25, 0.3) is 0 Å². The summed E-state index contributed by atoms with van der Waals surface area (Å²) >= 11 is 3.41. The van der Waals surface area contributed by atoms with Gasteiger partial charge in [-0.25, -0.2) is 4.79 Å². The van der Waals surface area contributed by atoms with E-state index in [4.69, 9.17) is 9.47 Å². The molecule has 0 aliphatic rings. The zero-order chi connectivity index (χ0) is 14.1. The van der Waals surface area contributed by atoms with Crippen LogP contribution in [0, 0.1) is 0 Å². The van der Waals surface area contributed by atoms with Gasteiger partial charge in [-0.1, -0.05) is 28.1 Å². The van der Waals surface area contributed by atoms with Crippen molar-refractivity contribution in [2.75, 3.05) is 27.3 Å². The van der Waals surface area contributed by atoms with E-state index in [1.807, 2.05) is 24.3 Å². The van der Waals surface area contributed by atoms with Crippen molar-refractivity contribution in [2.45, 2.75) is 12.7 Å². The molecule has 19 heavy (non-hydrogen) atoms. The van der Waals surface area contributed by atoms with Crippen LogP contribution >= 0.6 is 15.9 Å². The zero-order valence-corrected chi connectivity index (χ0v) is 12.7. The second kappa shape index (κ2) is 8.90. The molecule has 0 saturated heterocycles. The molecule has 106 valence electrons. The van der Waals surface area contributed by atoms with E-state index >= 15 is 0 Å². The third-order valence-corrected chi connectivity index (χ3v) is 3.04. The van der Waals surface area contributed by atoms with Crippen molar-refractivity contribution in [3.8, 4) is 0 Å². The van der Waals surface area contributed by atoms with Gasteiger partial charge in [0.1, 0.15) is 0 Å². The van der Waals surface area contributed by atoms with E-state index in [2.05, 4.69) is 26.6 Å². The van der Waals surface area contributed by atoms with Crippen LogP contribution in [0.4, 0.5) is 4.79 Å². The summed E-state index contributed by atoms with van der Waals surface area (Å²) in [4.78, 5) is 11.5. The largest absolute Gasteiger partial charge is 0.354 e. The van der Waals surface area contributed by atoms with Crippen molar-refractivity contribution in [2.24, 2.45) is 0 Å². The molecule has 2 N–H and O–H groups in total. The summed E-state index contributed by atoms with van der Waals surface area (Å²) in [6.07, 6.45) is 0.362. The molecule has 2 amide bonds. The molecule has 1 aromatic carbocycles. The number of urea groups is 1. The molecule has 0 unspecified atom stereocenters. The van der Waals surface area contributed by atoms with Crippen molar-refractivity contribution in [3.63, 3.8) is 0 Å². The summed E-state index contributed by atoms with van der Waals surface area (Å²) in [5, 5.41) is 5.45. The number of carbonyl (C=O) groups is 1. The van der Waals surface area contributed by atoms with Crippen LogP contribution in [0.1, 0.15) is 5.56 Å². The fraction of sp³-hybridized carbons (Fsp3) is 0.462. The van der Waals surface area contributed by atoms with E-state index < -0.39 is 6.29 Å². The number of amides is 2. The van der Waals surface area contributed by atoms with E-state index in [1.54, 1.807) is 0 Å². The minimum atomic E-state index is -0.421. The molecule has 6 heteroatoms. The summed E-state index contributed by atoms with van der Waals surface area (Å²) in [7, 11) is 3.06. The molecule has 0 atom stereocenters. The molecule has 1 aromatic rings. The lowest BCUT2D eigenvalue weighted by Gasteiger charge is -2.14. The third-order valence-electron chi connectivity index (χ3n) is 2.54. The Kier molecular flexibility index (Phi) is 7.47. The molecule has 0 heterocycles. The summed E-state index contributed by atoms with van der Waals surface area (Å²) in [5.74, 6) is 0. The third kappa shape index (κ3) is 6.56. The molecule has 0 saturated carbocycles. The van der Waals surface area contributed by atoms with Crippen molar-refractivity contribution in [3.05, 3.63) is 34.3 Å². The number of hydrogen-bond donors (Lipinski definition) is 2. The van der Waals surface area contributed by atoms with Crippen molar-refractivity contribution >= 4 is 22.0 Å². The first kappa shape index (κ1) is 15.9. The molecule has 5 nitrogen and oxygen atoms in total. The smallest absolute Gasteiger partial charge is 0.314 e. The van der Waals surface area contributed by atoms with Gasteiger partial charge in [-0.05, 0) is 24.1 Å². The number of halogens is 1. The average Bonchev–Trinajstić information content (AvgIpc) is 2.40. The Labute approximate surface area is 121 Å². The van der Waals surface area contributed by atoms with E-state index in [0.717, 1.165) is 10.9 Å². The molecular formula is C13H19BrN2O3. The molecule has 0 spiro atoms. The van der Waals surface area contributed by atoms with Gasteiger partial charge < -0.3 is 20.1 Å². The molecule has 0 aliphatic carbocycles. The fourth-order valence-corrected chi connectivity index (χ4v) is 1.96. The standard InChI is InChI=1S/C13H19BrN2O3/c1-18-12(19-2)9-16-13(17)15-7-6-10-4-3-5-11(14)8-10/h3-5,8,12H,6-7,9H2,1-2H3,(H2,15,16,17). The maximum atomic E-state index is 11.5. The lowest BCUT2D eigenvalue weighted by atomic mass is 10.1. The maximum absolute atomic E-state index is 11.5. The fourth-order valence-electron chi connectivity index (χ4n) is 1.51. The highest BCUT2D eigenvalue weighted by molar-refractivity contribution is 9.10. The highest BCUT2D eigenvalue weighted by Gasteiger charge is 2.06. The molecular weight excluding hydrogens is 312 g/mol. The van der Waals surface area contributed by atoms with Crippen LogP contribution in [-0.4, -0.2) is 39.6 Å². The van der Waals surface area contributed by atoms with Gasteiger partial charge in [0.15, 0.2) is 6.29 Å². The highest BCUT2D eigenvalue weighted by Crippen LogP contribution is 2.11. The SMILES string of the molecule is COC(CNC(=O)NCCc1cccc(Br)c1)OC. The Morgan fingerprint density at radius 2 is 2.05 bits per heavy atom. The van der Waals surface area contributed by atoms with Crippen LogP contribution in [0.15, 0.2) is 28.7 Å². The number of benzene rings is 1. The monoisotopic (exact) mass is 330 g/mol. The quantitative estimate of drug-likeness (QED) is 0.751. The van der Waals surface area contributed by atoms with Crippen LogP contribution in [0.2, 0.25) is 0 Å². The average molecular weight is 331 g/mol. The topological polar surface area (TPSA) is 59.6 Å². The Morgan fingerprint density at radius 1 is 1.32 bits per heavy atom. The summed E-state index contributed by atoms with van der Waals surface area (Å²) < 4.78 is 11.0. The maximum Gasteiger partial charge on any atom is 0.314 e. The molecule has 1 rings (SSSR count). The Hall–Kier alpha value is -1.11. The van der Waals surface area contributed by atoms with E-state index in [1.165, 1.54) is 19.8 Å². The van der Waals surface area contributed by atoms with Crippen LogP contribution in [0.5, 0.6) is 0 Å². The Balaban J connectivity index is 2.20. The van der Waals surface area contributed by atoms with Crippen molar-refractivity contribution < 1.29 is 14.3 Å². The van der Waals surface area contributed by atoms with Crippen LogP contribution in [0.25, 0.3) is 0 Å². The van der Waals surface area contributed by atoms with Gasteiger partial charge in [0.2, 0.25) is 0 Å². The zero-order valence-electron chi connectivity index (χ0n) is 11.1. The normalized spacial score (nSPS) is 10.5. The Bertz CT molecular complexity index is 397. The predicted molar refractivity (Wildman–Crippen MR) is 77.1 cm³/mol. The first-order valence-electron chi connectivity index (χ1n) is 5.97. The van der Waals surface area contributed by atoms with Gasteiger partial charge in [0, 0.05) is 25.2 Å². The molecule has 0 aliphatic heterocycles. The van der Waals surface area contributed by atoms with Gasteiger partial charge in [-0.2, -0.15) is 0 Å². The first-order valence-corrected chi connectivity index (χ1v) is 6.76. The second-order valence-corrected chi connectivity index (χ2v) is 4.83. The lowest BCUT2D eigenvalue weighted by Crippen LogP contribution is -2.41. The molecule has 0 radical (unpaired) electrons. The van der Waals surface area contributed by atoms with Gasteiger partial charge in [-0.15, -0.1) is 0 Å². The number of rotatable bonds is 7. The number of carbonyl (C=O) groups excluding carboxylic acids is 1. The summed E-state index contributed by atoms with van der Waals surface area (Å²) in [6.45, 7) is 0.892. The molecule has 0 aromatic heterocycles. The number of methoxy groups -OCH3 is 2. The van der Waals surface area contributed by atoms with Gasteiger partial charge in [0.05, 0.1) is 6.54 Å². The molecule has 0 bridgehead atoms.